The molecule has 0 aromatic heterocycles. The molecule has 1 aromatic carbocycles. The number of hydrogen-bond donors (Lipinski definition) is 2. The molecule has 0 saturated heterocycles. The van der Waals surface area contributed by atoms with Crippen molar-refractivity contribution >= 4 is 21.6 Å². The van der Waals surface area contributed by atoms with Crippen molar-refractivity contribution in [2.24, 2.45) is 0 Å². The SMILES string of the molecule is CNC(C)(C)C(=O)Nc1ccc(C)c(S(=O)(=O)N(C)C)c1. The Bertz CT molecular complexity index is 637. The normalized spacial score (nSPS) is 12.5. The standard InChI is InChI=1S/C14H23N3O3S/c1-10-7-8-11(16-13(18)14(2,3)15-4)9-12(10)21(19,20)17(5)6/h7-9,15H,1-6H3,(H,16,18). The van der Waals surface area contributed by atoms with Crippen LogP contribution in [0.2, 0.25) is 0 Å². The largest absolute Gasteiger partial charge is 0.324 e. The Morgan fingerprint density at radius 2 is 1.81 bits per heavy atom. The number of nitrogens with one attached hydrogen (secondary N) is 2. The summed E-state index contributed by atoms with van der Waals surface area (Å²) < 4.78 is 25.6. The first kappa shape index (κ1) is 17.6. The predicted molar refractivity (Wildman–Crippen MR) is 83.8 cm³/mol. The van der Waals surface area contributed by atoms with Crippen LogP contribution in [0.25, 0.3) is 0 Å². The predicted octanol–water partition coefficient (Wildman–Crippen LogP) is 1.18. The molecule has 1 aromatic rings. The van der Waals surface area contributed by atoms with Crippen LogP contribution in [-0.4, -0.2) is 45.3 Å². The van der Waals surface area contributed by atoms with E-state index in [1.54, 1.807) is 40.0 Å². The highest BCUT2D eigenvalue weighted by atomic mass is 32.2. The van der Waals surface area contributed by atoms with E-state index in [1.165, 1.54) is 20.2 Å². The minimum Gasteiger partial charge on any atom is -0.324 e. The van der Waals surface area contributed by atoms with Gasteiger partial charge in [0.2, 0.25) is 15.9 Å². The van der Waals surface area contributed by atoms with Crippen LogP contribution in [0.1, 0.15) is 19.4 Å². The molecule has 0 aliphatic carbocycles. The summed E-state index contributed by atoms with van der Waals surface area (Å²) in [5.74, 6) is -0.234. The summed E-state index contributed by atoms with van der Waals surface area (Å²) in [7, 11) is 1.10. The van der Waals surface area contributed by atoms with Crippen molar-refractivity contribution < 1.29 is 13.2 Å². The lowest BCUT2D eigenvalue weighted by atomic mass is 10.1. The van der Waals surface area contributed by atoms with E-state index in [0.717, 1.165) is 4.31 Å². The fourth-order valence-corrected chi connectivity index (χ4v) is 2.70. The van der Waals surface area contributed by atoms with Crippen LogP contribution in [0, 0.1) is 6.92 Å². The molecular weight excluding hydrogens is 290 g/mol. The number of carbonyl (C=O) groups excluding carboxylic acids is 1. The number of aryl methyl sites for hydroxylation is 1. The van der Waals surface area contributed by atoms with Gasteiger partial charge in [-0.3, -0.25) is 4.79 Å². The van der Waals surface area contributed by atoms with Crippen LogP contribution in [0.15, 0.2) is 23.1 Å². The third kappa shape index (κ3) is 3.81. The van der Waals surface area contributed by atoms with Gasteiger partial charge in [0.1, 0.15) is 0 Å². The smallest absolute Gasteiger partial charge is 0.244 e. The van der Waals surface area contributed by atoms with Crippen LogP contribution in [-0.2, 0) is 14.8 Å². The fraction of sp³-hybridized carbons (Fsp3) is 0.500. The van der Waals surface area contributed by atoms with Gasteiger partial charge in [-0.1, -0.05) is 6.07 Å². The number of likely N-dealkylation sites (N-methyl/N-ethyl adjacent to an activating group) is 1. The van der Waals surface area contributed by atoms with Gasteiger partial charge in [-0.2, -0.15) is 0 Å². The molecule has 1 amide bonds. The Kier molecular flexibility index (Phi) is 5.14. The van der Waals surface area contributed by atoms with E-state index in [2.05, 4.69) is 10.6 Å². The minimum atomic E-state index is -3.54. The van der Waals surface area contributed by atoms with Gasteiger partial charge in [0.15, 0.2) is 0 Å². The number of anilines is 1. The van der Waals surface area contributed by atoms with Gasteiger partial charge in [0.25, 0.3) is 0 Å². The number of benzene rings is 1. The number of carbonyl (C=O) groups is 1. The van der Waals surface area contributed by atoms with E-state index >= 15 is 0 Å². The Balaban J connectivity index is 3.18. The Morgan fingerprint density at radius 1 is 1.24 bits per heavy atom. The first-order chi connectivity index (χ1) is 9.52. The van der Waals surface area contributed by atoms with Crippen LogP contribution in [0.4, 0.5) is 5.69 Å². The maximum atomic E-state index is 12.2. The number of hydrogen-bond acceptors (Lipinski definition) is 4. The van der Waals surface area contributed by atoms with E-state index in [9.17, 15) is 13.2 Å². The van der Waals surface area contributed by atoms with Crippen molar-refractivity contribution in [1.82, 2.24) is 9.62 Å². The van der Waals surface area contributed by atoms with E-state index in [-0.39, 0.29) is 10.8 Å². The maximum Gasteiger partial charge on any atom is 0.244 e. The van der Waals surface area contributed by atoms with Crippen molar-refractivity contribution in [3.05, 3.63) is 23.8 Å². The van der Waals surface area contributed by atoms with Crippen LogP contribution < -0.4 is 10.6 Å². The Morgan fingerprint density at radius 3 is 2.29 bits per heavy atom. The zero-order valence-corrected chi connectivity index (χ0v) is 14.1. The van der Waals surface area contributed by atoms with Crippen LogP contribution in [0.5, 0.6) is 0 Å². The fourth-order valence-electron chi connectivity index (χ4n) is 1.55. The molecule has 21 heavy (non-hydrogen) atoms. The summed E-state index contributed by atoms with van der Waals surface area (Å²) in [5.41, 5.74) is 0.342. The highest BCUT2D eigenvalue weighted by Crippen LogP contribution is 2.23. The molecule has 0 bridgehead atoms. The third-order valence-corrected chi connectivity index (χ3v) is 5.35. The highest BCUT2D eigenvalue weighted by molar-refractivity contribution is 7.89. The molecule has 0 heterocycles. The zero-order chi connectivity index (χ0) is 16.4. The molecule has 0 atom stereocenters. The van der Waals surface area contributed by atoms with Crippen molar-refractivity contribution in [3.63, 3.8) is 0 Å². The van der Waals surface area contributed by atoms with Crippen molar-refractivity contribution in [2.75, 3.05) is 26.5 Å². The molecule has 118 valence electrons. The van der Waals surface area contributed by atoms with Crippen molar-refractivity contribution in [3.8, 4) is 0 Å². The minimum absolute atomic E-state index is 0.188. The molecule has 6 nitrogen and oxygen atoms in total. The molecule has 0 unspecified atom stereocenters. The van der Waals surface area contributed by atoms with Gasteiger partial charge in [-0.15, -0.1) is 0 Å². The average molecular weight is 313 g/mol. The summed E-state index contributed by atoms with van der Waals surface area (Å²) in [5, 5.41) is 5.62. The molecule has 7 heteroatoms. The summed E-state index contributed by atoms with van der Waals surface area (Å²) in [6.07, 6.45) is 0. The molecular formula is C14H23N3O3S. The topological polar surface area (TPSA) is 78.5 Å². The summed E-state index contributed by atoms with van der Waals surface area (Å²) in [6.45, 7) is 5.21. The van der Waals surface area contributed by atoms with Gasteiger partial charge in [0, 0.05) is 19.8 Å². The van der Waals surface area contributed by atoms with Crippen molar-refractivity contribution in [1.29, 1.82) is 0 Å². The van der Waals surface area contributed by atoms with Gasteiger partial charge in [-0.05, 0) is 45.5 Å². The lowest BCUT2D eigenvalue weighted by Crippen LogP contribution is -2.47. The molecule has 0 aliphatic rings. The number of nitrogens with zero attached hydrogens (tertiary/aromatic N) is 1. The molecule has 0 fully saturated rings. The van der Waals surface area contributed by atoms with E-state index in [4.69, 9.17) is 0 Å². The number of rotatable bonds is 5. The van der Waals surface area contributed by atoms with E-state index < -0.39 is 15.6 Å². The monoisotopic (exact) mass is 313 g/mol. The maximum absolute atomic E-state index is 12.2. The Labute approximate surface area is 126 Å². The molecule has 1 rings (SSSR count). The number of amides is 1. The van der Waals surface area contributed by atoms with Gasteiger partial charge >= 0.3 is 0 Å². The first-order valence-corrected chi connectivity index (χ1v) is 8.00. The number of sulfonamides is 1. The summed E-state index contributed by atoms with van der Waals surface area (Å²) in [6, 6.07) is 4.85. The third-order valence-electron chi connectivity index (χ3n) is 3.40. The first-order valence-electron chi connectivity index (χ1n) is 6.56. The zero-order valence-electron chi connectivity index (χ0n) is 13.3. The second-order valence-electron chi connectivity index (χ2n) is 5.60. The molecule has 0 radical (unpaired) electrons. The van der Waals surface area contributed by atoms with Gasteiger partial charge < -0.3 is 10.6 Å². The second-order valence-corrected chi connectivity index (χ2v) is 7.72. The lowest BCUT2D eigenvalue weighted by Gasteiger charge is -2.23. The summed E-state index contributed by atoms with van der Waals surface area (Å²) in [4.78, 5) is 12.3. The summed E-state index contributed by atoms with van der Waals surface area (Å²) >= 11 is 0. The Hall–Kier alpha value is -1.44. The van der Waals surface area contributed by atoms with Gasteiger partial charge in [-0.25, -0.2) is 12.7 Å². The van der Waals surface area contributed by atoms with Crippen molar-refractivity contribution in [2.45, 2.75) is 31.2 Å². The molecule has 0 aliphatic heterocycles. The van der Waals surface area contributed by atoms with E-state index in [1.807, 2.05) is 0 Å². The second kappa shape index (κ2) is 6.13. The van der Waals surface area contributed by atoms with E-state index in [0.29, 0.717) is 11.3 Å². The highest BCUT2D eigenvalue weighted by Gasteiger charge is 2.26. The molecule has 0 spiro atoms. The van der Waals surface area contributed by atoms with Crippen LogP contribution >= 0.6 is 0 Å². The molecule has 2 N–H and O–H groups in total. The van der Waals surface area contributed by atoms with Crippen LogP contribution in [0.3, 0.4) is 0 Å². The van der Waals surface area contributed by atoms with Gasteiger partial charge in [0.05, 0.1) is 10.4 Å². The molecule has 0 saturated carbocycles. The quantitative estimate of drug-likeness (QED) is 0.855. The lowest BCUT2D eigenvalue weighted by molar-refractivity contribution is -0.121. The average Bonchev–Trinajstić information content (AvgIpc) is 2.40.